The van der Waals surface area contributed by atoms with Crippen LogP contribution in [0.2, 0.25) is 0 Å². The Morgan fingerprint density at radius 2 is 0.807 bits per heavy atom. The third-order valence-electron chi connectivity index (χ3n) is 13.1. The molecule has 57 heavy (non-hydrogen) atoms. The first kappa shape index (κ1) is 33.6. The van der Waals surface area contributed by atoms with Gasteiger partial charge in [0.2, 0.25) is 0 Å². The van der Waals surface area contributed by atoms with Gasteiger partial charge < -0.3 is 4.90 Å². The Hall–Kier alpha value is -6.70. The smallest absolute Gasteiger partial charge is 0.0540 e. The van der Waals surface area contributed by atoms with Crippen LogP contribution in [0.4, 0.5) is 17.1 Å². The summed E-state index contributed by atoms with van der Waals surface area (Å²) >= 11 is 0. The van der Waals surface area contributed by atoms with Crippen LogP contribution in [0.15, 0.2) is 188 Å². The fourth-order valence-electron chi connectivity index (χ4n) is 10.0. The third kappa shape index (κ3) is 5.08. The van der Waals surface area contributed by atoms with Gasteiger partial charge in [-0.05, 0) is 125 Å². The van der Waals surface area contributed by atoms with Gasteiger partial charge in [0.25, 0.3) is 0 Å². The summed E-state index contributed by atoms with van der Waals surface area (Å²) < 4.78 is 0. The highest BCUT2D eigenvalue weighted by atomic mass is 15.1. The molecule has 0 bridgehead atoms. The van der Waals surface area contributed by atoms with Crippen molar-refractivity contribution in [2.45, 2.75) is 38.5 Å². The van der Waals surface area contributed by atoms with Gasteiger partial charge >= 0.3 is 0 Å². The average molecular weight is 730 g/mol. The molecule has 1 heteroatoms. The van der Waals surface area contributed by atoms with Gasteiger partial charge in [0.05, 0.1) is 5.69 Å². The van der Waals surface area contributed by atoms with Crippen LogP contribution in [0.3, 0.4) is 0 Å². The minimum absolute atomic E-state index is 0.131. The number of rotatable bonds is 5. The Balaban J connectivity index is 1.18. The van der Waals surface area contributed by atoms with E-state index in [0.717, 1.165) is 17.1 Å². The van der Waals surface area contributed by atoms with Crippen molar-refractivity contribution in [3.05, 3.63) is 210 Å². The molecular formula is C56H43N. The predicted molar refractivity (Wildman–Crippen MR) is 242 cm³/mol. The van der Waals surface area contributed by atoms with Crippen LogP contribution in [0.5, 0.6) is 0 Å². The Labute approximate surface area is 335 Å². The Bertz CT molecular complexity index is 2980. The SMILES string of the molecule is CC1(C)c2ccccc2-c2ccc(N(c3ccc4c(c3)C(C)(C)c3ccccc3-4)c3ccc(-c4ccc5ccccc5c4)cc3-c3cccc4ccccc34)cc21. The molecular weight excluding hydrogens is 687 g/mol. The highest BCUT2D eigenvalue weighted by molar-refractivity contribution is 6.03. The van der Waals surface area contributed by atoms with Crippen molar-refractivity contribution in [1.29, 1.82) is 0 Å². The van der Waals surface area contributed by atoms with Crippen molar-refractivity contribution in [2.75, 3.05) is 4.90 Å². The first-order valence-electron chi connectivity index (χ1n) is 20.2. The molecule has 9 aromatic carbocycles. The molecule has 0 unspecified atom stereocenters. The number of hydrogen-bond donors (Lipinski definition) is 0. The van der Waals surface area contributed by atoms with Crippen LogP contribution in [0, 0.1) is 0 Å². The van der Waals surface area contributed by atoms with Crippen molar-refractivity contribution in [1.82, 2.24) is 0 Å². The average Bonchev–Trinajstić information content (AvgIpc) is 3.62. The predicted octanol–water partition coefficient (Wildman–Crippen LogP) is 15.4. The summed E-state index contributed by atoms with van der Waals surface area (Å²) in [4.78, 5) is 2.53. The number of hydrogen-bond acceptors (Lipinski definition) is 1. The summed E-state index contributed by atoms with van der Waals surface area (Å²) in [5.41, 5.74) is 18.8. The molecule has 1 nitrogen and oxygen atoms in total. The van der Waals surface area contributed by atoms with E-state index in [1.807, 2.05) is 0 Å². The highest BCUT2D eigenvalue weighted by Gasteiger charge is 2.38. The lowest BCUT2D eigenvalue weighted by Crippen LogP contribution is -2.18. The topological polar surface area (TPSA) is 3.24 Å². The maximum absolute atomic E-state index is 2.53. The van der Waals surface area contributed by atoms with Gasteiger partial charge in [0.15, 0.2) is 0 Å². The molecule has 0 radical (unpaired) electrons. The fraction of sp³-hybridized carbons (Fsp3) is 0.107. The van der Waals surface area contributed by atoms with E-state index in [4.69, 9.17) is 0 Å². The summed E-state index contributed by atoms with van der Waals surface area (Å²) in [5, 5.41) is 4.98. The van der Waals surface area contributed by atoms with Crippen LogP contribution in [-0.4, -0.2) is 0 Å². The molecule has 2 aliphatic carbocycles. The van der Waals surface area contributed by atoms with E-state index in [2.05, 4.69) is 221 Å². The molecule has 0 fully saturated rings. The van der Waals surface area contributed by atoms with E-state index >= 15 is 0 Å². The maximum Gasteiger partial charge on any atom is 0.0540 e. The molecule has 0 spiro atoms. The van der Waals surface area contributed by atoms with E-state index in [0.29, 0.717) is 0 Å². The van der Waals surface area contributed by atoms with Crippen molar-refractivity contribution in [3.63, 3.8) is 0 Å². The molecule has 0 N–H and O–H groups in total. The first-order valence-corrected chi connectivity index (χ1v) is 20.2. The monoisotopic (exact) mass is 729 g/mol. The molecule has 2 aliphatic rings. The van der Waals surface area contributed by atoms with Crippen LogP contribution < -0.4 is 4.90 Å². The normalized spacial score (nSPS) is 14.2. The number of nitrogens with zero attached hydrogens (tertiary/aromatic N) is 1. The molecule has 0 saturated carbocycles. The fourth-order valence-corrected chi connectivity index (χ4v) is 10.0. The van der Waals surface area contributed by atoms with E-state index in [1.165, 1.54) is 88.3 Å². The van der Waals surface area contributed by atoms with E-state index in [-0.39, 0.29) is 10.8 Å². The Kier molecular flexibility index (Phi) is 7.32. The lowest BCUT2D eigenvalue weighted by Gasteiger charge is -2.31. The third-order valence-corrected chi connectivity index (χ3v) is 13.1. The van der Waals surface area contributed by atoms with Crippen molar-refractivity contribution >= 4 is 38.6 Å². The molecule has 0 aliphatic heterocycles. The summed E-state index contributed by atoms with van der Waals surface area (Å²) in [5.74, 6) is 0. The zero-order chi connectivity index (χ0) is 38.5. The van der Waals surface area contributed by atoms with E-state index in [9.17, 15) is 0 Å². The Morgan fingerprint density at radius 3 is 1.47 bits per heavy atom. The van der Waals surface area contributed by atoms with E-state index in [1.54, 1.807) is 0 Å². The van der Waals surface area contributed by atoms with Crippen LogP contribution >= 0.6 is 0 Å². The van der Waals surface area contributed by atoms with Crippen molar-refractivity contribution in [2.24, 2.45) is 0 Å². The van der Waals surface area contributed by atoms with Gasteiger partial charge in [-0.15, -0.1) is 0 Å². The lowest BCUT2D eigenvalue weighted by molar-refractivity contribution is 0.660. The molecule has 9 aromatic rings. The van der Waals surface area contributed by atoms with E-state index < -0.39 is 0 Å². The number of anilines is 3. The first-order chi connectivity index (χ1) is 27.8. The molecule has 11 rings (SSSR count). The number of benzene rings is 9. The van der Waals surface area contributed by atoms with Crippen LogP contribution in [0.25, 0.3) is 66.1 Å². The minimum Gasteiger partial charge on any atom is -0.310 e. The van der Waals surface area contributed by atoms with Gasteiger partial charge in [-0.25, -0.2) is 0 Å². The highest BCUT2D eigenvalue weighted by Crippen LogP contribution is 2.54. The van der Waals surface area contributed by atoms with Crippen molar-refractivity contribution < 1.29 is 0 Å². The van der Waals surface area contributed by atoms with Gasteiger partial charge in [-0.2, -0.15) is 0 Å². The molecule has 0 heterocycles. The summed E-state index contributed by atoms with van der Waals surface area (Å²) in [6.07, 6.45) is 0. The Morgan fingerprint density at radius 1 is 0.316 bits per heavy atom. The standard InChI is InChI=1S/C56H43N/c1-55(2)50-22-11-9-19-45(50)47-29-27-41(34-52(47)55)57(42-28-30-48-46-20-10-12-23-51(46)56(3,4)53(48)35-42)54-31-26-40(39-25-24-36-14-5-6-16-38(36)32-39)33-49(54)44-21-13-17-37-15-7-8-18-43(37)44/h5-35H,1-4H3. The summed E-state index contributed by atoms with van der Waals surface area (Å²) in [6.45, 7) is 9.50. The molecule has 0 amide bonds. The van der Waals surface area contributed by atoms with Gasteiger partial charge in [0.1, 0.15) is 0 Å². The zero-order valence-electron chi connectivity index (χ0n) is 32.8. The molecule has 0 aromatic heterocycles. The second-order valence-electron chi connectivity index (χ2n) is 17.0. The van der Waals surface area contributed by atoms with Gasteiger partial charge in [-0.1, -0.05) is 173 Å². The lowest BCUT2D eigenvalue weighted by atomic mass is 9.82. The van der Waals surface area contributed by atoms with Gasteiger partial charge in [-0.3, -0.25) is 0 Å². The maximum atomic E-state index is 2.53. The van der Waals surface area contributed by atoms with Gasteiger partial charge in [0, 0.05) is 27.8 Å². The quantitative estimate of drug-likeness (QED) is 0.170. The van der Waals surface area contributed by atoms with Crippen LogP contribution in [-0.2, 0) is 10.8 Å². The molecule has 0 atom stereocenters. The second kappa shape index (κ2) is 12.4. The molecule has 0 saturated heterocycles. The van der Waals surface area contributed by atoms with Crippen LogP contribution in [0.1, 0.15) is 49.9 Å². The minimum atomic E-state index is -0.131. The summed E-state index contributed by atoms with van der Waals surface area (Å²) in [6, 6.07) is 70.3. The van der Waals surface area contributed by atoms with Crippen molar-refractivity contribution in [3.8, 4) is 44.5 Å². The molecule has 272 valence electrons. The number of fused-ring (bicyclic) bond motifs is 8. The largest absolute Gasteiger partial charge is 0.310 e. The zero-order valence-corrected chi connectivity index (χ0v) is 32.8. The second-order valence-corrected chi connectivity index (χ2v) is 17.0. The summed E-state index contributed by atoms with van der Waals surface area (Å²) in [7, 11) is 0.